The van der Waals surface area contributed by atoms with Gasteiger partial charge in [0.05, 0.1) is 20.8 Å². The molecule has 0 aliphatic carbocycles. The van der Waals surface area contributed by atoms with Crippen LogP contribution in [-0.4, -0.2) is 5.91 Å². The van der Waals surface area contributed by atoms with Gasteiger partial charge in [-0.1, -0.05) is 65.1 Å². The van der Waals surface area contributed by atoms with Crippen LogP contribution >= 0.6 is 34.8 Å². The molecule has 0 spiro atoms. The molecule has 0 bridgehead atoms. The predicted molar refractivity (Wildman–Crippen MR) is 83.0 cm³/mol. The van der Waals surface area contributed by atoms with Crippen LogP contribution in [0.2, 0.25) is 15.1 Å². The molecule has 5 heteroatoms. The number of halogens is 3. The highest BCUT2D eigenvalue weighted by atomic mass is 35.5. The zero-order valence-electron chi connectivity index (χ0n) is 10.3. The lowest BCUT2D eigenvalue weighted by Gasteiger charge is -2.28. The van der Waals surface area contributed by atoms with E-state index in [0.29, 0.717) is 27.2 Å². The van der Waals surface area contributed by atoms with Crippen LogP contribution in [-0.2, 0) is 4.79 Å². The number of hydrogen-bond donors (Lipinski definition) is 1. The molecule has 2 aromatic rings. The number of rotatable bonds is 1. The van der Waals surface area contributed by atoms with E-state index in [1.165, 1.54) is 0 Å². The fourth-order valence-corrected chi connectivity index (χ4v) is 3.32. The van der Waals surface area contributed by atoms with Crippen molar-refractivity contribution in [1.29, 1.82) is 0 Å². The number of fused-ring (bicyclic) bond motifs is 1. The van der Waals surface area contributed by atoms with Crippen LogP contribution in [0.3, 0.4) is 0 Å². The van der Waals surface area contributed by atoms with Crippen LogP contribution in [0.5, 0.6) is 0 Å². The number of nitrogens with one attached hydrogen (secondary N) is 1. The molecule has 0 saturated carbocycles. The molecule has 1 amide bonds. The Morgan fingerprint density at radius 3 is 2.45 bits per heavy atom. The molecule has 0 fully saturated rings. The fourth-order valence-electron chi connectivity index (χ4n) is 2.52. The topological polar surface area (TPSA) is 29.1 Å². The third kappa shape index (κ3) is 2.28. The molecule has 2 nitrogen and oxygen atoms in total. The zero-order chi connectivity index (χ0) is 14.3. The summed E-state index contributed by atoms with van der Waals surface area (Å²) in [5, 5.41) is 4.03. The summed E-state index contributed by atoms with van der Waals surface area (Å²) in [6.45, 7) is 0. The van der Waals surface area contributed by atoms with Gasteiger partial charge in [0.1, 0.15) is 0 Å². The Balaban J connectivity index is 2.24. The lowest BCUT2D eigenvalue weighted by molar-refractivity contribution is -0.116. The van der Waals surface area contributed by atoms with E-state index < -0.39 is 0 Å². The molecule has 2 aromatic carbocycles. The molecule has 0 aromatic heterocycles. The third-order valence-corrected chi connectivity index (χ3v) is 4.51. The second kappa shape index (κ2) is 5.28. The lowest BCUT2D eigenvalue weighted by Crippen LogP contribution is -2.24. The number of anilines is 1. The van der Waals surface area contributed by atoms with Crippen LogP contribution in [0.1, 0.15) is 23.5 Å². The van der Waals surface area contributed by atoms with E-state index in [1.807, 2.05) is 30.3 Å². The van der Waals surface area contributed by atoms with Crippen LogP contribution in [0.15, 0.2) is 36.4 Å². The Morgan fingerprint density at radius 2 is 1.75 bits per heavy atom. The lowest BCUT2D eigenvalue weighted by atomic mass is 9.85. The van der Waals surface area contributed by atoms with E-state index >= 15 is 0 Å². The number of carbonyl (C=O) groups is 1. The Kier molecular flexibility index (Phi) is 3.63. The number of amides is 1. The van der Waals surface area contributed by atoms with Gasteiger partial charge in [0.2, 0.25) is 5.91 Å². The maximum Gasteiger partial charge on any atom is 0.225 e. The van der Waals surface area contributed by atoms with E-state index in [4.69, 9.17) is 34.8 Å². The van der Waals surface area contributed by atoms with Crippen molar-refractivity contribution >= 4 is 46.4 Å². The molecule has 0 radical (unpaired) electrons. The van der Waals surface area contributed by atoms with Crippen LogP contribution in [0.25, 0.3) is 0 Å². The predicted octanol–water partition coefficient (Wildman–Crippen LogP) is 5.12. The van der Waals surface area contributed by atoms with Crippen LogP contribution in [0.4, 0.5) is 5.69 Å². The molecular weight excluding hydrogens is 317 g/mol. The van der Waals surface area contributed by atoms with Crippen molar-refractivity contribution in [3.8, 4) is 0 Å². The normalized spacial score (nSPS) is 17.6. The number of hydrogen-bond acceptors (Lipinski definition) is 1. The summed E-state index contributed by atoms with van der Waals surface area (Å²) in [6, 6.07) is 11.3. The average molecular weight is 327 g/mol. The standard InChI is InChI=1S/C15H10Cl3NO/c16-10-7-11(17)15-13(14(10)18)9(6-12(20)19-15)8-4-2-1-3-5-8/h1-5,7,9H,6H2,(H,19,20)/t9-/m0/s1. The highest BCUT2D eigenvalue weighted by Crippen LogP contribution is 2.47. The van der Waals surface area contributed by atoms with Crippen molar-refractivity contribution in [3.05, 3.63) is 62.6 Å². The minimum Gasteiger partial charge on any atom is -0.324 e. The van der Waals surface area contributed by atoms with E-state index in [-0.39, 0.29) is 11.8 Å². The average Bonchev–Trinajstić information content (AvgIpc) is 2.45. The summed E-state index contributed by atoms with van der Waals surface area (Å²) in [5.74, 6) is -0.213. The molecule has 1 atom stereocenters. The molecule has 1 heterocycles. The van der Waals surface area contributed by atoms with Crippen molar-refractivity contribution in [3.63, 3.8) is 0 Å². The Hall–Kier alpha value is -1.22. The summed E-state index contributed by atoms with van der Waals surface area (Å²) in [4.78, 5) is 11.9. The molecule has 20 heavy (non-hydrogen) atoms. The minimum atomic E-state index is -0.136. The van der Waals surface area contributed by atoms with E-state index in [9.17, 15) is 4.79 Å². The van der Waals surface area contributed by atoms with E-state index in [2.05, 4.69) is 5.32 Å². The Bertz CT molecular complexity index is 685. The second-order valence-corrected chi connectivity index (χ2v) is 5.85. The SMILES string of the molecule is O=C1C[C@@H](c2ccccc2)c2c(Cl)c(Cl)cc(Cl)c2N1. The Labute approximate surface area is 131 Å². The Morgan fingerprint density at radius 1 is 1.05 bits per heavy atom. The van der Waals surface area contributed by atoms with E-state index in [1.54, 1.807) is 6.07 Å². The van der Waals surface area contributed by atoms with Gasteiger partial charge in [-0.2, -0.15) is 0 Å². The monoisotopic (exact) mass is 325 g/mol. The second-order valence-electron chi connectivity index (χ2n) is 4.66. The highest BCUT2D eigenvalue weighted by Gasteiger charge is 2.31. The van der Waals surface area contributed by atoms with Crippen molar-refractivity contribution in [2.45, 2.75) is 12.3 Å². The summed E-state index contributed by atoms with van der Waals surface area (Å²) in [7, 11) is 0. The van der Waals surface area contributed by atoms with Gasteiger partial charge < -0.3 is 5.32 Å². The van der Waals surface area contributed by atoms with Gasteiger partial charge in [-0.15, -0.1) is 0 Å². The summed E-state index contributed by atoms with van der Waals surface area (Å²) in [5.41, 5.74) is 2.37. The number of carbonyl (C=O) groups excluding carboxylic acids is 1. The first-order valence-electron chi connectivity index (χ1n) is 6.10. The van der Waals surface area contributed by atoms with Gasteiger partial charge in [0.15, 0.2) is 0 Å². The van der Waals surface area contributed by atoms with Gasteiger partial charge in [-0.3, -0.25) is 4.79 Å². The van der Waals surface area contributed by atoms with Gasteiger partial charge in [0, 0.05) is 17.9 Å². The summed E-state index contributed by atoms with van der Waals surface area (Å²) in [6.07, 6.45) is 0.327. The minimum absolute atomic E-state index is 0.0772. The smallest absolute Gasteiger partial charge is 0.225 e. The molecule has 0 saturated heterocycles. The number of benzene rings is 2. The fraction of sp³-hybridized carbons (Fsp3) is 0.133. The first kappa shape index (κ1) is 13.7. The van der Waals surface area contributed by atoms with Gasteiger partial charge >= 0.3 is 0 Å². The van der Waals surface area contributed by atoms with Gasteiger partial charge in [0.25, 0.3) is 0 Å². The molecule has 0 unspecified atom stereocenters. The molecule has 102 valence electrons. The molecular formula is C15H10Cl3NO. The largest absolute Gasteiger partial charge is 0.324 e. The molecule has 1 aliphatic heterocycles. The molecule has 1 aliphatic rings. The maximum absolute atomic E-state index is 11.9. The third-order valence-electron chi connectivity index (χ3n) is 3.41. The van der Waals surface area contributed by atoms with Crippen LogP contribution in [0, 0.1) is 0 Å². The van der Waals surface area contributed by atoms with E-state index in [0.717, 1.165) is 11.1 Å². The highest BCUT2D eigenvalue weighted by molar-refractivity contribution is 6.45. The zero-order valence-corrected chi connectivity index (χ0v) is 12.6. The van der Waals surface area contributed by atoms with Crippen molar-refractivity contribution in [1.82, 2.24) is 0 Å². The first-order valence-corrected chi connectivity index (χ1v) is 7.23. The maximum atomic E-state index is 11.9. The van der Waals surface area contributed by atoms with Gasteiger partial charge in [-0.25, -0.2) is 0 Å². The summed E-state index contributed by atoms with van der Waals surface area (Å²) < 4.78 is 0. The van der Waals surface area contributed by atoms with Crippen molar-refractivity contribution < 1.29 is 4.79 Å². The van der Waals surface area contributed by atoms with Crippen molar-refractivity contribution in [2.24, 2.45) is 0 Å². The first-order chi connectivity index (χ1) is 9.58. The summed E-state index contributed by atoms with van der Waals surface area (Å²) >= 11 is 18.6. The molecule has 1 N–H and O–H groups in total. The van der Waals surface area contributed by atoms with Crippen molar-refractivity contribution in [2.75, 3.05) is 5.32 Å². The molecule has 3 rings (SSSR count). The quantitative estimate of drug-likeness (QED) is 0.724. The van der Waals surface area contributed by atoms with Crippen LogP contribution < -0.4 is 5.32 Å². The van der Waals surface area contributed by atoms with Gasteiger partial charge in [-0.05, 0) is 11.6 Å².